The Bertz CT molecular complexity index is 649. The van der Waals surface area contributed by atoms with E-state index in [1.165, 1.54) is 6.07 Å². The average molecular weight is 286 g/mol. The number of halogens is 1. The molecule has 3 heteroatoms. The highest BCUT2D eigenvalue weighted by Crippen LogP contribution is 2.14. The first-order valence-electron chi connectivity index (χ1n) is 6.95. The Labute approximate surface area is 124 Å². The van der Waals surface area contributed by atoms with Crippen molar-refractivity contribution in [2.45, 2.75) is 33.5 Å². The van der Waals surface area contributed by atoms with Crippen LogP contribution in [-0.2, 0) is 11.3 Å². The summed E-state index contributed by atoms with van der Waals surface area (Å²) in [6.07, 6.45) is -0.605. The molecule has 0 aliphatic carbocycles. The molecule has 1 atom stereocenters. The molecule has 2 aromatic rings. The van der Waals surface area contributed by atoms with Gasteiger partial charge in [0.2, 0.25) is 0 Å². The lowest BCUT2D eigenvalue weighted by Gasteiger charge is -2.13. The first-order valence-corrected chi connectivity index (χ1v) is 6.95. The number of Topliss-reactive ketones (excluding diaryl/α,β-unsaturated/α-hetero) is 1. The van der Waals surface area contributed by atoms with E-state index < -0.39 is 6.10 Å². The van der Waals surface area contributed by atoms with Crippen LogP contribution < -0.4 is 0 Å². The van der Waals surface area contributed by atoms with Crippen LogP contribution in [0, 0.1) is 19.7 Å². The summed E-state index contributed by atoms with van der Waals surface area (Å²) < 4.78 is 19.0. The lowest BCUT2D eigenvalue weighted by molar-refractivity contribution is 0.0403. The van der Waals surface area contributed by atoms with Gasteiger partial charge in [0.05, 0.1) is 6.61 Å². The molecule has 0 saturated heterocycles. The average Bonchev–Trinajstić information content (AvgIpc) is 2.48. The van der Waals surface area contributed by atoms with Gasteiger partial charge in [-0.15, -0.1) is 0 Å². The normalized spacial score (nSPS) is 12.2. The van der Waals surface area contributed by atoms with E-state index in [4.69, 9.17) is 4.74 Å². The van der Waals surface area contributed by atoms with Crippen molar-refractivity contribution in [3.05, 3.63) is 70.5 Å². The Balaban J connectivity index is 2.03. The van der Waals surface area contributed by atoms with Gasteiger partial charge in [-0.05, 0) is 44.0 Å². The molecule has 21 heavy (non-hydrogen) atoms. The first-order chi connectivity index (χ1) is 9.99. The van der Waals surface area contributed by atoms with Gasteiger partial charge in [-0.1, -0.05) is 30.3 Å². The number of rotatable bonds is 5. The van der Waals surface area contributed by atoms with Crippen LogP contribution in [0.25, 0.3) is 0 Å². The number of ether oxygens (including phenoxy) is 1. The zero-order valence-electron chi connectivity index (χ0n) is 12.5. The lowest BCUT2D eigenvalue weighted by atomic mass is 10.0. The Morgan fingerprint density at radius 3 is 2.52 bits per heavy atom. The Hall–Kier alpha value is -2.00. The largest absolute Gasteiger partial charge is 0.366 e. The first kappa shape index (κ1) is 15.4. The number of carbonyl (C=O) groups excluding carboxylic acids is 1. The van der Waals surface area contributed by atoms with Crippen molar-refractivity contribution >= 4 is 5.78 Å². The summed E-state index contributed by atoms with van der Waals surface area (Å²) in [6.45, 7) is 5.75. The molecular weight excluding hydrogens is 267 g/mol. The number of carbonyl (C=O) groups is 1. The molecule has 110 valence electrons. The van der Waals surface area contributed by atoms with E-state index in [-0.39, 0.29) is 18.2 Å². The van der Waals surface area contributed by atoms with Crippen molar-refractivity contribution in [2.24, 2.45) is 0 Å². The van der Waals surface area contributed by atoms with Crippen molar-refractivity contribution in [1.82, 2.24) is 0 Å². The van der Waals surface area contributed by atoms with Gasteiger partial charge in [-0.3, -0.25) is 4.79 Å². The number of hydrogen-bond acceptors (Lipinski definition) is 2. The van der Waals surface area contributed by atoms with Crippen LogP contribution in [0.4, 0.5) is 4.39 Å². The van der Waals surface area contributed by atoms with Crippen LogP contribution in [-0.4, -0.2) is 11.9 Å². The van der Waals surface area contributed by atoms with Gasteiger partial charge in [-0.2, -0.15) is 0 Å². The van der Waals surface area contributed by atoms with Crippen molar-refractivity contribution in [3.8, 4) is 0 Å². The van der Waals surface area contributed by atoms with Gasteiger partial charge in [0, 0.05) is 11.1 Å². The Morgan fingerprint density at radius 2 is 1.86 bits per heavy atom. The fraction of sp³-hybridized carbons (Fsp3) is 0.278. The van der Waals surface area contributed by atoms with Crippen LogP contribution in [0.2, 0.25) is 0 Å². The summed E-state index contributed by atoms with van der Waals surface area (Å²) in [4.78, 5) is 12.3. The van der Waals surface area contributed by atoms with Crippen molar-refractivity contribution in [1.29, 1.82) is 0 Å². The van der Waals surface area contributed by atoms with Gasteiger partial charge >= 0.3 is 0 Å². The van der Waals surface area contributed by atoms with E-state index in [9.17, 15) is 9.18 Å². The minimum atomic E-state index is -0.605. The zero-order valence-corrected chi connectivity index (χ0v) is 12.5. The summed E-state index contributed by atoms with van der Waals surface area (Å²) in [5, 5.41) is 0. The van der Waals surface area contributed by atoms with E-state index in [1.807, 2.05) is 26.0 Å². The molecule has 2 aromatic carbocycles. The van der Waals surface area contributed by atoms with Crippen LogP contribution in [0.1, 0.15) is 34.0 Å². The maximum absolute atomic E-state index is 13.5. The molecule has 0 N–H and O–H groups in total. The molecule has 2 nitrogen and oxygen atoms in total. The standard InChI is InChI=1S/C18H19FO2/c1-12-8-9-15(10-13(12)2)18(20)14(3)21-11-16-6-4-5-7-17(16)19/h4-10,14H,11H2,1-3H3. The van der Waals surface area contributed by atoms with Crippen molar-refractivity contribution < 1.29 is 13.9 Å². The van der Waals surface area contributed by atoms with Gasteiger partial charge in [0.15, 0.2) is 5.78 Å². The molecule has 0 heterocycles. The maximum atomic E-state index is 13.5. The monoisotopic (exact) mass is 286 g/mol. The van der Waals surface area contributed by atoms with Crippen molar-refractivity contribution in [2.75, 3.05) is 0 Å². The highest BCUT2D eigenvalue weighted by atomic mass is 19.1. The third kappa shape index (κ3) is 3.76. The SMILES string of the molecule is Cc1ccc(C(=O)C(C)OCc2ccccc2F)cc1C. The number of ketones is 1. The maximum Gasteiger partial charge on any atom is 0.191 e. The minimum absolute atomic E-state index is 0.0877. The second kappa shape index (κ2) is 6.64. The summed E-state index contributed by atoms with van der Waals surface area (Å²) in [7, 11) is 0. The van der Waals surface area contributed by atoms with E-state index in [0.29, 0.717) is 11.1 Å². The molecule has 0 bridgehead atoms. The zero-order chi connectivity index (χ0) is 15.4. The van der Waals surface area contributed by atoms with Crippen LogP contribution in [0.15, 0.2) is 42.5 Å². The van der Waals surface area contributed by atoms with E-state index in [2.05, 4.69) is 0 Å². The van der Waals surface area contributed by atoms with E-state index in [0.717, 1.165) is 11.1 Å². The second-order valence-corrected chi connectivity index (χ2v) is 5.21. The van der Waals surface area contributed by atoms with Gasteiger partial charge < -0.3 is 4.74 Å². The molecule has 0 aliphatic rings. The molecule has 0 fully saturated rings. The molecular formula is C18H19FO2. The minimum Gasteiger partial charge on any atom is -0.366 e. The molecule has 0 spiro atoms. The van der Waals surface area contributed by atoms with E-state index >= 15 is 0 Å². The topological polar surface area (TPSA) is 26.3 Å². The third-order valence-electron chi connectivity index (χ3n) is 3.61. The van der Waals surface area contributed by atoms with Gasteiger partial charge in [0.1, 0.15) is 11.9 Å². The second-order valence-electron chi connectivity index (χ2n) is 5.21. The highest BCUT2D eigenvalue weighted by Gasteiger charge is 2.16. The highest BCUT2D eigenvalue weighted by molar-refractivity contribution is 5.99. The smallest absolute Gasteiger partial charge is 0.191 e. The number of benzene rings is 2. The summed E-state index contributed by atoms with van der Waals surface area (Å²) >= 11 is 0. The third-order valence-corrected chi connectivity index (χ3v) is 3.61. The van der Waals surface area contributed by atoms with Crippen LogP contribution >= 0.6 is 0 Å². The molecule has 0 aromatic heterocycles. The molecule has 0 radical (unpaired) electrons. The molecule has 0 saturated carbocycles. The molecule has 0 amide bonds. The van der Waals surface area contributed by atoms with E-state index in [1.54, 1.807) is 31.2 Å². The summed E-state index contributed by atoms with van der Waals surface area (Å²) in [6, 6.07) is 12.0. The number of aryl methyl sites for hydroxylation is 2. The Morgan fingerprint density at radius 1 is 1.14 bits per heavy atom. The van der Waals surface area contributed by atoms with Gasteiger partial charge in [-0.25, -0.2) is 4.39 Å². The van der Waals surface area contributed by atoms with Crippen LogP contribution in [0.5, 0.6) is 0 Å². The molecule has 2 rings (SSSR count). The predicted octanol–water partition coefficient (Wildman–Crippen LogP) is 4.23. The molecule has 0 aliphatic heterocycles. The fourth-order valence-electron chi connectivity index (χ4n) is 2.04. The Kier molecular flexibility index (Phi) is 4.86. The van der Waals surface area contributed by atoms with Crippen LogP contribution in [0.3, 0.4) is 0 Å². The fourth-order valence-corrected chi connectivity index (χ4v) is 2.04. The van der Waals surface area contributed by atoms with Crippen molar-refractivity contribution in [3.63, 3.8) is 0 Å². The molecule has 1 unspecified atom stereocenters. The predicted molar refractivity (Wildman–Crippen MR) is 80.9 cm³/mol. The summed E-state index contributed by atoms with van der Waals surface area (Å²) in [5.41, 5.74) is 3.30. The quantitative estimate of drug-likeness (QED) is 0.769. The van der Waals surface area contributed by atoms with Gasteiger partial charge in [0.25, 0.3) is 0 Å². The lowest BCUT2D eigenvalue weighted by Crippen LogP contribution is -2.21. The number of hydrogen-bond donors (Lipinski definition) is 0. The summed E-state index contributed by atoms with van der Waals surface area (Å²) in [5.74, 6) is -0.405.